The Bertz CT molecular complexity index is 293. The van der Waals surface area contributed by atoms with E-state index in [1.807, 2.05) is 0 Å². The van der Waals surface area contributed by atoms with Crippen LogP contribution in [0.2, 0.25) is 0 Å². The summed E-state index contributed by atoms with van der Waals surface area (Å²) in [4.78, 5) is 0. The van der Waals surface area contributed by atoms with Crippen molar-refractivity contribution in [3.63, 3.8) is 0 Å². The Kier molecular flexibility index (Phi) is 2.96. The highest BCUT2D eigenvalue weighted by atomic mass is 16.6. The van der Waals surface area contributed by atoms with Crippen molar-refractivity contribution < 1.29 is 14.6 Å². The van der Waals surface area contributed by atoms with Crippen LogP contribution in [0.5, 0.6) is 0 Å². The van der Waals surface area contributed by atoms with Gasteiger partial charge in [-0.25, -0.2) is 0 Å². The van der Waals surface area contributed by atoms with Crippen LogP contribution in [0, 0.1) is 11.8 Å². The summed E-state index contributed by atoms with van der Waals surface area (Å²) >= 11 is 0. The van der Waals surface area contributed by atoms with Crippen LogP contribution in [-0.4, -0.2) is 35.6 Å². The number of aliphatic hydroxyl groups excluding tert-OH is 1. The van der Waals surface area contributed by atoms with Crippen molar-refractivity contribution in [2.75, 3.05) is 6.61 Å². The first-order valence-corrected chi connectivity index (χ1v) is 7.09. The molecular weight excluding hydrogens is 216 g/mol. The summed E-state index contributed by atoms with van der Waals surface area (Å²) in [6.45, 7) is 4.87. The quantitative estimate of drug-likeness (QED) is 0.803. The molecular formula is C14H24O3. The van der Waals surface area contributed by atoms with E-state index in [2.05, 4.69) is 13.8 Å². The van der Waals surface area contributed by atoms with Gasteiger partial charge in [-0.05, 0) is 37.5 Å². The normalized spacial score (nSPS) is 53.5. The summed E-state index contributed by atoms with van der Waals surface area (Å²) in [6.07, 6.45) is 6.11. The molecule has 0 aromatic carbocycles. The van der Waals surface area contributed by atoms with Gasteiger partial charge in [0, 0.05) is 13.0 Å². The summed E-state index contributed by atoms with van der Waals surface area (Å²) in [6, 6.07) is 0. The summed E-state index contributed by atoms with van der Waals surface area (Å²) in [7, 11) is 0. The van der Waals surface area contributed by atoms with E-state index in [0.717, 1.165) is 32.1 Å². The van der Waals surface area contributed by atoms with E-state index >= 15 is 0 Å². The predicted molar refractivity (Wildman–Crippen MR) is 64.8 cm³/mol. The molecule has 98 valence electrons. The molecule has 0 aromatic heterocycles. The molecule has 2 aliphatic heterocycles. The van der Waals surface area contributed by atoms with Gasteiger partial charge in [0.2, 0.25) is 0 Å². The lowest BCUT2D eigenvalue weighted by Gasteiger charge is -2.45. The van der Waals surface area contributed by atoms with Crippen LogP contribution in [0.3, 0.4) is 0 Å². The van der Waals surface area contributed by atoms with Gasteiger partial charge in [0.25, 0.3) is 0 Å². The van der Waals surface area contributed by atoms with Gasteiger partial charge in [0.05, 0.1) is 23.9 Å². The number of rotatable bonds is 2. The highest BCUT2D eigenvalue weighted by Crippen LogP contribution is 2.52. The maximum Gasteiger partial charge on any atom is 0.0974 e. The molecule has 3 rings (SSSR count). The van der Waals surface area contributed by atoms with Crippen LogP contribution < -0.4 is 0 Å². The number of fused-ring (bicyclic) bond motifs is 1. The van der Waals surface area contributed by atoms with E-state index in [9.17, 15) is 0 Å². The minimum atomic E-state index is -0.0192. The molecule has 0 amide bonds. The second-order valence-electron chi connectivity index (χ2n) is 6.30. The monoisotopic (exact) mass is 240 g/mol. The molecule has 2 heterocycles. The molecule has 1 N–H and O–H groups in total. The Balaban J connectivity index is 1.78. The Morgan fingerprint density at radius 3 is 2.82 bits per heavy atom. The first-order chi connectivity index (χ1) is 8.14. The smallest absolute Gasteiger partial charge is 0.0974 e. The average Bonchev–Trinajstić information content (AvgIpc) is 2.61. The van der Waals surface area contributed by atoms with Crippen LogP contribution in [0.1, 0.15) is 46.0 Å². The summed E-state index contributed by atoms with van der Waals surface area (Å²) in [5, 5.41) is 9.06. The van der Waals surface area contributed by atoms with Crippen LogP contribution in [-0.2, 0) is 9.47 Å². The minimum Gasteiger partial charge on any atom is -0.396 e. The first kappa shape index (κ1) is 11.9. The van der Waals surface area contributed by atoms with E-state index in [-0.39, 0.29) is 18.3 Å². The van der Waals surface area contributed by atoms with Crippen molar-refractivity contribution in [2.45, 2.75) is 69.9 Å². The third kappa shape index (κ3) is 1.83. The zero-order chi connectivity index (χ0) is 12.0. The third-order valence-electron chi connectivity index (χ3n) is 5.23. The summed E-state index contributed by atoms with van der Waals surface area (Å²) in [5.74, 6) is 1.35. The van der Waals surface area contributed by atoms with Gasteiger partial charge in [-0.15, -0.1) is 0 Å². The maximum atomic E-state index is 9.06. The van der Waals surface area contributed by atoms with Crippen molar-refractivity contribution in [3.05, 3.63) is 0 Å². The Morgan fingerprint density at radius 1 is 1.24 bits per heavy atom. The highest BCUT2D eigenvalue weighted by Gasteiger charge is 2.58. The fraction of sp³-hybridized carbons (Fsp3) is 1.00. The van der Waals surface area contributed by atoms with Crippen LogP contribution >= 0.6 is 0 Å². The molecule has 3 aliphatic rings. The lowest BCUT2D eigenvalue weighted by atomic mass is 9.70. The van der Waals surface area contributed by atoms with Crippen molar-refractivity contribution >= 4 is 0 Å². The van der Waals surface area contributed by atoms with Gasteiger partial charge < -0.3 is 14.6 Å². The molecule has 1 spiro atoms. The van der Waals surface area contributed by atoms with Gasteiger partial charge in [0.1, 0.15) is 0 Å². The molecule has 6 atom stereocenters. The molecule has 0 radical (unpaired) electrons. The summed E-state index contributed by atoms with van der Waals surface area (Å²) in [5.41, 5.74) is -0.0192. The second-order valence-corrected chi connectivity index (χ2v) is 6.30. The fourth-order valence-corrected chi connectivity index (χ4v) is 4.06. The van der Waals surface area contributed by atoms with Crippen molar-refractivity contribution in [1.82, 2.24) is 0 Å². The Labute approximate surface area is 103 Å². The van der Waals surface area contributed by atoms with E-state index in [1.54, 1.807) is 0 Å². The molecule has 1 unspecified atom stereocenters. The molecule has 3 nitrogen and oxygen atoms in total. The molecule has 17 heavy (non-hydrogen) atoms. The van der Waals surface area contributed by atoms with Crippen LogP contribution in [0.15, 0.2) is 0 Å². The number of ether oxygens (including phenoxy) is 2. The number of aliphatic hydroxyl groups is 1. The standard InChI is InChI=1S/C14H24O3/c1-9-7-14-8-12(10(9)2)16-13(14)4-3-11(17-14)5-6-15/h9-13,15H,3-8H2,1-2H3/t9-,10?,11-,12+,13+,14+/m1/s1. The van der Waals surface area contributed by atoms with Gasteiger partial charge in [-0.2, -0.15) is 0 Å². The van der Waals surface area contributed by atoms with E-state index in [0.29, 0.717) is 24.0 Å². The van der Waals surface area contributed by atoms with E-state index < -0.39 is 0 Å². The first-order valence-electron chi connectivity index (χ1n) is 7.09. The number of hydrogen-bond donors (Lipinski definition) is 1. The van der Waals surface area contributed by atoms with Gasteiger partial charge in [0.15, 0.2) is 0 Å². The SMILES string of the molecule is CC1[C@H](C)C[C@]23C[C@@H]1O[C@H]2CC[C@H](CCO)O3. The molecule has 1 aliphatic carbocycles. The zero-order valence-corrected chi connectivity index (χ0v) is 10.9. The van der Waals surface area contributed by atoms with Crippen molar-refractivity contribution in [3.8, 4) is 0 Å². The van der Waals surface area contributed by atoms with Crippen molar-refractivity contribution in [2.24, 2.45) is 11.8 Å². The zero-order valence-electron chi connectivity index (χ0n) is 10.9. The van der Waals surface area contributed by atoms with E-state index in [1.165, 1.54) is 0 Å². The molecule has 1 saturated carbocycles. The summed E-state index contributed by atoms with van der Waals surface area (Å²) < 4.78 is 12.5. The Hall–Kier alpha value is -0.120. The average molecular weight is 240 g/mol. The lowest BCUT2D eigenvalue weighted by Crippen LogP contribution is -2.51. The predicted octanol–water partition coefficient (Wildman–Crippen LogP) is 2.12. The van der Waals surface area contributed by atoms with Crippen molar-refractivity contribution in [1.29, 1.82) is 0 Å². The third-order valence-corrected chi connectivity index (χ3v) is 5.23. The molecule has 0 aromatic rings. The second kappa shape index (κ2) is 4.22. The maximum absolute atomic E-state index is 9.06. The molecule has 3 heteroatoms. The molecule has 2 bridgehead atoms. The lowest BCUT2D eigenvalue weighted by molar-refractivity contribution is -0.172. The highest BCUT2D eigenvalue weighted by molar-refractivity contribution is 5.07. The van der Waals surface area contributed by atoms with Gasteiger partial charge in [-0.1, -0.05) is 13.8 Å². The largest absolute Gasteiger partial charge is 0.396 e. The minimum absolute atomic E-state index is 0.0192. The fourth-order valence-electron chi connectivity index (χ4n) is 4.06. The van der Waals surface area contributed by atoms with Crippen LogP contribution in [0.4, 0.5) is 0 Å². The Morgan fingerprint density at radius 2 is 2.06 bits per heavy atom. The molecule has 3 fully saturated rings. The van der Waals surface area contributed by atoms with Gasteiger partial charge >= 0.3 is 0 Å². The van der Waals surface area contributed by atoms with E-state index in [4.69, 9.17) is 14.6 Å². The molecule has 2 saturated heterocycles. The number of hydrogen-bond acceptors (Lipinski definition) is 3. The topological polar surface area (TPSA) is 38.7 Å². The van der Waals surface area contributed by atoms with Gasteiger partial charge in [-0.3, -0.25) is 0 Å². The van der Waals surface area contributed by atoms with Crippen LogP contribution in [0.25, 0.3) is 0 Å².